The zero-order valence-corrected chi connectivity index (χ0v) is 16.7. The monoisotopic (exact) mass is 394 g/mol. The number of nitrogens with zero attached hydrogens (tertiary/aromatic N) is 2. The highest BCUT2D eigenvalue weighted by atomic mass is 19.1. The van der Waals surface area contributed by atoms with Crippen LogP contribution in [-0.4, -0.2) is 21.6 Å². The van der Waals surface area contributed by atoms with Crippen molar-refractivity contribution < 1.29 is 14.2 Å². The van der Waals surface area contributed by atoms with E-state index in [1.807, 2.05) is 24.7 Å². The van der Waals surface area contributed by atoms with Gasteiger partial charge in [0, 0.05) is 6.07 Å². The number of methoxy groups -OCH3 is 1. The molecule has 5 heteroatoms. The molecule has 2 aromatic heterocycles. The fourth-order valence-corrected chi connectivity index (χ4v) is 5.02. The first-order chi connectivity index (χ1) is 14.2. The molecule has 2 aliphatic carbocycles. The number of imidazole rings is 1. The molecule has 1 aromatic carbocycles. The molecule has 152 valence electrons. The SMILES string of the molecule is COc1ccc(C2CCC([C@H](O)c3c(C4CC4)ccc4cncn34)CC2)c(F)c1. The van der Waals surface area contributed by atoms with Gasteiger partial charge in [-0.3, -0.25) is 0 Å². The maximum atomic E-state index is 14.5. The van der Waals surface area contributed by atoms with Crippen LogP contribution in [0.25, 0.3) is 5.52 Å². The highest BCUT2D eigenvalue weighted by molar-refractivity contribution is 5.50. The molecule has 2 heterocycles. The summed E-state index contributed by atoms with van der Waals surface area (Å²) in [6, 6.07) is 9.43. The molecule has 0 saturated heterocycles. The number of aromatic nitrogens is 2. The molecule has 0 aliphatic heterocycles. The number of fused-ring (bicyclic) bond motifs is 1. The Hall–Kier alpha value is -2.40. The molecule has 2 aliphatic rings. The summed E-state index contributed by atoms with van der Waals surface area (Å²) in [5.41, 5.74) is 4.08. The molecule has 29 heavy (non-hydrogen) atoms. The average molecular weight is 394 g/mol. The number of hydrogen-bond acceptors (Lipinski definition) is 3. The van der Waals surface area contributed by atoms with Gasteiger partial charge >= 0.3 is 0 Å². The predicted octanol–water partition coefficient (Wildman–Crippen LogP) is 5.37. The predicted molar refractivity (Wildman–Crippen MR) is 110 cm³/mol. The standard InChI is InChI=1S/C24H27FN2O2/c1-29-19-9-11-20(22(25)12-19)15-4-6-17(7-5-15)24(28)23-21(16-2-3-16)10-8-18-13-26-14-27(18)23/h8-17,24,28H,2-7H2,1H3/t15?,17?,24-/m0/s1. The second kappa shape index (κ2) is 7.45. The van der Waals surface area contributed by atoms with Gasteiger partial charge < -0.3 is 14.2 Å². The van der Waals surface area contributed by atoms with Crippen LogP contribution in [0.15, 0.2) is 42.9 Å². The Morgan fingerprint density at radius 1 is 1.03 bits per heavy atom. The Kier molecular flexibility index (Phi) is 4.78. The van der Waals surface area contributed by atoms with Crippen LogP contribution in [0, 0.1) is 11.7 Å². The molecule has 5 rings (SSSR count). The number of halogens is 1. The first-order valence-electron chi connectivity index (χ1n) is 10.6. The smallest absolute Gasteiger partial charge is 0.130 e. The number of hydrogen-bond donors (Lipinski definition) is 1. The molecule has 0 radical (unpaired) electrons. The second-order valence-electron chi connectivity index (χ2n) is 8.58. The fraction of sp³-hybridized carbons (Fsp3) is 0.458. The third-order valence-electron chi connectivity index (χ3n) is 6.82. The minimum atomic E-state index is -0.509. The van der Waals surface area contributed by atoms with Crippen LogP contribution in [0.5, 0.6) is 5.75 Å². The van der Waals surface area contributed by atoms with Gasteiger partial charge in [-0.2, -0.15) is 0 Å². The maximum absolute atomic E-state index is 14.5. The number of pyridine rings is 1. The molecule has 2 fully saturated rings. The van der Waals surface area contributed by atoms with E-state index < -0.39 is 6.10 Å². The molecular formula is C24H27FN2O2. The molecule has 0 bridgehead atoms. The van der Waals surface area contributed by atoms with Gasteiger partial charge in [-0.05, 0) is 79.5 Å². The van der Waals surface area contributed by atoms with E-state index in [4.69, 9.17) is 4.74 Å². The average Bonchev–Trinajstić information content (AvgIpc) is 3.49. The molecular weight excluding hydrogens is 367 g/mol. The van der Waals surface area contributed by atoms with Crippen LogP contribution in [0.1, 0.15) is 73.3 Å². The van der Waals surface area contributed by atoms with Crippen LogP contribution in [0.3, 0.4) is 0 Å². The van der Waals surface area contributed by atoms with E-state index in [-0.39, 0.29) is 17.7 Å². The lowest BCUT2D eigenvalue weighted by molar-refractivity contribution is 0.0752. The van der Waals surface area contributed by atoms with Crippen molar-refractivity contribution in [2.75, 3.05) is 7.11 Å². The van der Waals surface area contributed by atoms with Crippen molar-refractivity contribution in [2.24, 2.45) is 5.92 Å². The van der Waals surface area contributed by atoms with E-state index >= 15 is 0 Å². The van der Waals surface area contributed by atoms with Crippen LogP contribution < -0.4 is 4.74 Å². The molecule has 0 amide bonds. The van der Waals surface area contributed by atoms with Gasteiger partial charge in [-0.1, -0.05) is 12.1 Å². The van der Waals surface area contributed by atoms with Gasteiger partial charge in [0.15, 0.2) is 0 Å². The van der Waals surface area contributed by atoms with Gasteiger partial charge in [0.25, 0.3) is 0 Å². The van der Waals surface area contributed by atoms with Crippen molar-refractivity contribution in [1.82, 2.24) is 9.38 Å². The lowest BCUT2D eigenvalue weighted by Crippen LogP contribution is -2.22. The molecule has 1 atom stereocenters. The lowest BCUT2D eigenvalue weighted by Gasteiger charge is -2.33. The quantitative estimate of drug-likeness (QED) is 0.633. The van der Waals surface area contributed by atoms with E-state index in [0.717, 1.165) is 42.5 Å². The van der Waals surface area contributed by atoms with E-state index in [0.29, 0.717) is 11.7 Å². The fourth-order valence-electron chi connectivity index (χ4n) is 5.02. The third kappa shape index (κ3) is 3.42. The van der Waals surface area contributed by atoms with Crippen molar-refractivity contribution in [3.63, 3.8) is 0 Å². The Bertz CT molecular complexity index is 1020. The topological polar surface area (TPSA) is 46.8 Å². The zero-order chi connectivity index (χ0) is 20.0. The summed E-state index contributed by atoms with van der Waals surface area (Å²) in [5, 5.41) is 11.4. The van der Waals surface area contributed by atoms with Crippen molar-refractivity contribution in [3.05, 3.63) is 65.5 Å². The van der Waals surface area contributed by atoms with Gasteiger partial charge in [0.05, 0.1) is 36.9 Å². The molecule has 1 N–H and O–H groups in total. The molecule has 4 nitrogen and oxygen atoms in total. The van der Waals surface area contributed by atoms with E-state index in [1.54, 1.807) is 7.11 Å². The highest BCUT2D eigenvalue weighted by Crippen LogP contribution is 2.47. The highest BCUT2D eigenvalue weighted by Gasteiger charge is 2.34. The summed E-state index contributed by atoms with van der Waals surface area (Å²) >= 11 is 0. The number of aliphatic hydroxyl groups excluding tert-OH is 1. The van der Waals surface area contributed by atoms with Crippen LogP contribution >= 0.6 is 0 Å². The number of benzene rings is 1. The summed E-state index contributed by atoms with van der Waals surface area (Å²) in [5.74, 6) is 1.33. The second-order valence-corrected chi connectivity index (χ2v) is 8.58. The van der Waals surface area contributed by atoms with Crippen molar-refractivity contribution in [2.45, 2.75) is 56.5 Å². The molecule has 3 aromatic rings. The Morgan fingerprint density at radius 3 is 2.41 bits per heavy atom. The largest absolute Gasteiger partial charge is 0.497 e. The number of rotatable bonds is 5. The van der Waals surface area contributed by atoms with E-state index in [2.05, 4.69) is 21.5 Å². The molecule has 2 saturated carbocycles. The number of ether oxygens (including phenoxy) is 1. The normalized spacial score (nSPS) is 23.3. The van der Waals surface area contributed by atoms with Crippen molar-refractivity contribution >= 4 is 5.52 Å². The number of aliphatic hydroxyl groups is 1. The van der Waals surface area contributed by atoms with E-state index in [9.17, 15) is 9.50 Å². The van der Waals surface area contributed by atoms with Crippen molar-refractivity contribution in [1.29, 1.82) is 0 Å². The summed E-state index contributed by atoms with van der Waals surface area (Å²) in [7, 11) is 1.55. The minimum Gasteiger partial charge on any atom is -0.497 e. The van der Waals surface area contributed by atoms with Gasteiger partial charge in [-0.25, -0.2) is 9.37 Å². The molecule has 0 unspecified atom stereocenters. The van der Waals surface area contributed by atoms with Crippen molar-refractivity contribution in [3.8, 4) is 5.75 Å². The summed E-state index contributed by atoms with van der Waals surface area (Å²) in [6.45, 7) is 0. The van der Waals surface area contributed by atoms with Crippen LogP contribution in [-0.2, 0) is 0 Å². The lowest BCUT2D eigenvalue weighted by atomic mass is 9.75. The molecule has 0 spiro atoms. The minimum absolute atomic E-state index is 0.187. The maximum Gasteiger partial charge on any atom is 0.130 e. The van der Waals surface area contributed by atoms with E-state index in [1.165, 1.54) is 24.5 Å². The Labute approximate surface area is 170 Å². The van der Waals surface area contributed by atoms with Crippen LogP contribution in [0.4, 0.5) is 4.39 Å². The van der Waals surface area contributed by atoms with Crippen LogP contribution in [0.2, 0.25) is 0 Å². The first-order valence-corrected chi connectivity index (χ1v) is 10.6. The Balaban J connectivity index is 1.36. The summed E-state index contributed by atoms with van der Waals surface area (Å²) < 4.78 is 21.7. The van der Waals surface area contributed by atoms with Gasteiger partial charge in [0.1, 0.15) is 11.6 Å². The Morgan fingerprint density at radius 2 is 1.72 bits per heavy atom. The summed E-state index contributed by atoms with van der Waals surface area (Å²) in [6.07, 6.45) is 9.12. The first kappa shape index (κ1) is 18.6. The zero-order valence-electron chi connectivity index (χ0n) is 16.7. The third-order valence-corrected chi connectivity index (χ3v) is 6.82. The van der Waals surface area contributed by atoms with Gasteiger partial charge in [-0.15, -0.1) is 0 Å². The summed E-state index contributed by atoms with van der Waals surface area (Å²) in [4.78, 5) is 4.29. The van der Waals surface area contributed by atoms with Gasteiger partial charge in [0.2, 0.25) is 0 Å².